The van der Waals surface area contributed by atoms with Gasteiger partial charge in [-0.05, 0) is 24.3 Å². The third kappa shape index (κ3) is 3.03. The lowest BCUT2D eigenvalue weighted by molar-refractivity contribution is 0.0698. The van der Waals surface area contributed by atoms with Crippen LogP contribution in [0.2, 0.25) is 5.02 Å². The number of nitrogens with zero attached hydrogens (tertiary/aromatic N) is 2. The van der Waals surface area contributed by atoms with Gasteiger partial charge in [-0.3, -0.25) is 4.72 Å². The summed E-state index contributed by atoms with van der Waals surface area (Å²) in [4.78, 5) is 10.9. The molecule has 2 rings (SSSR count). The van der Waals surface area contributed by atoms with Crippen molar-refractivity contribution in [2.75, 3.05) is 4.72 Å². The van der Waals surface area contributed by atoms with Crippen LogP contribution in [0.4, 0.5) is 5.82 Å². The minimum absolute atomic E-state index is 0.0811. The third-order valence-electron chi connectivity index (χ3n) is 2.27. The quantitative estimate of drug-likeness (QED) is 0.890. The molecular formula is C10H7Cl2N3O4S. The van der Waals surface area contributed by atoms with Gasteiger partial charge in [0.2, 0.25) is 0 Å². The van der Waals surface area contributed by atoms with E-state index in [9.17, 15) is 13.2 Å². The van der Waals surface area contributed by atoms with Gasteiger partial charge in [-0.2, -0.15) is 4.20 Å². The Bertz CT molecular complexity index is 755. The predicted molar refractivity (Wildman–Crippen MR) is 72.7 cm³/mol. The third-order valence-corrected chi connectivity index (χ3v) is 4.05. The van der Waals surface area contributed by atoms with Crippen LogP contribution in [0.3, 0.4) is 0 Å². The molecule has 1 aromatic heterocycles. The molecule has 0 radical (unpaired) electrons. The van der Waals surface area contributed by atoms with E-state index in [1.807, 2.05) is 0 Å². The second-order valence-corrected chi connectivity index (χ2v) is 6.11. The number of aromatic nitrogens is 2. The standard InChI is InChI=1S/C10H7Cl2N3O4S/c11-6-1-3-7(4-2-6)20(18,19)14-9-8(10(16)17)5-15(12)13-9/h1-5H,(H,13,14)(H,16,17). The monoisotopic (exact) mass is 335 g/mol. The molecule has 0 aliphatic heterocycles. The first-order valence-electron chi connectivity index (χ1n) is 5.07. The second kappa shape index (κ2) is 5.31. The Morgan fingerprint density at radius 1 is 1.30 bits per heavy atom. The van der Waals surface area contributed by atoms with Crippen LogP contribution >= 0.6 is 23.4 Å². The van der Waals surface area contributed by atoms with Crippen molar-refractivity contribution in [1.82, 2.24) is 9.30 Å². The Morgan fingerprint density at radius 3 is 2.45 bits per heavy atom. The topological polar surface area (TPSA) is 101 Å². The van der Waals surface area contributed by atoms with E-state index >= 15 is 0 Å². The Kier molecular flexibility index (Phi) is 3.89. The Hall–Kier alpha value is -1.77. The van der Waals surface area contributed by atoms with E-state index in [0.717, 1.165) is 6.20 Å². The van der Waals surface area contributed by atoms with Crippen LogP contribution in [0.5, 0.6) is 0 Å². The van der Waals surface area contributed by atoms with Gasteiger partial charge in [0.05, 0.1) is 11.1 Å². The van der Waals surface area contributed by atoms with E-state index in [-0.39, 0.29) is 16.3 Å². The molecule has 0 amide bonds. The van der Waals surface area contributed by atoms with Gasteiger partial charge in [-0.1, -0.05) is 11.6 Å². The minimum atomic E-state index is -3.98. The largest absolute Gasteiger partial charge is 0.477 e. The molecule has 0 saturated heterocycles. The first kappa shape index (κ1) is 14.6. The molecule has 106 valence electrons. The number of nitrogens with one attached hydrogen (secondary N) is 1. The van der Waals surface area contributed by atoms with Gasteiger partial charge < -0.3 is 5.11 Å². The number of halogens is 2. The lowest BCUT2D eigenvalue weighted by atomic mass is 10.3. The molecule has 0 unspecified atom stereocenters. The summed E-state index contributed by atoms with van der Waals surface area (Å²) in [6, 6.07) is 5.36. The van der Waals surface area contributed by atoms with Crippen LogP contribution in [-0.2, 0) is 10.0 Å². The Morgan fingerprint density at radius 2 is 1.90 bits per heavy atom. The van der Waals surface area contributed by atoms with Crippen molar-refractivity contribution in [3.8, 4) is 0 Å². The normalized spacial score (nSPS) is 11.3. The lowest BCUT2D eigenvalue weighted by Crippen LogP contribution is -2.15. The van der Waals surface area contributed by atoms with Crippen molar-refractivity contribution < 1.29 is 18.3 Å². The highest BCUT2D eigenvalue weighted by Crippen LogP contribution is 2.20. The summed E-state index contributed by atoms with van der Waals surface area (Å²) in [5.41, 5.74) is -0.363. The number of hydrogen-bond donors (Lipinski definition) is 2. The molecule has 0 saturated carbocycles. The number of hydrogen-bond acceptors (Lipinski definition) is 4. The summed E-state index contributed by atoms with van der Waals surface area (Å²) < 4.78 is 26.9. The van der Waals surface area contributed by atoms with Gasteiger partial charge in [-0.15, -0.1) is 5.10 Å². The fourth-order valence-corrected chi connectivity index (χ4v) is 2.69. The SMILES string of the molecule is O=C(O)c1cn(Cl)nc1NS(=O)(=O)c1ccc(Cl)cc1. The highest BCUT2D eigenvalue weighted by molar-refractivity contribution is 7.92. The van der Waals surface area contributed by atoms with Crippen LogP contribution < -0.4 is 4.72 Å². The van der Waals surface area contributed by atoms with Gasteiger partial charge in [0.15, 0.2) is 5.82 Å². The van der Waals surface area contributed by atoms with Crippen LogP contribution in [-0.4, -0.2) is 28.8 Å². The zero-order valence-electron chi connectivity index (χ0n) is 9.62. The van der Waals surface area contributed by atoms with Crippen molar-refractivity contribution in [1.29, 1.82) is 0 Å². The summed E-state index contributed by atoms with van der Waals surface area (Å²) >= 11 is 11.2. The van der Waals surface area contributed by atoms with Crippen LogP contribution in [0.15, 0.2) is 35.4 Å². The molecule has 0 bridgehead atoms. The fourth-order valence-electron chi connectivity index (χ4n) is 1.38. The van der Waals surface area contributed by atoms with Crippen LogP contribution in [0, 0.1) is 0 Å². The smallest absolute Gasteiger partial charge is 0.341 e. The number of carbonyl (C=O) groups is 1. The predicted octanol–water partition coefficient (Wildman–Crippen LogP) is 2.04. The molecule has 2 N–H and O–H groups in total. The summed E-state index contributed by atoms with van der Waals surface area (Å²) in [6.45, 7) is 0. The maximum atomic E-state index is 12.1. The molecular weight excluding hydrogens is 329 g/mol. The molecule has 0 fully saturated rings. The number of benzene rings is 1. The zero-order valence-corrected chi connectivity index (χ0v) is 11.9. The maximum absolute atomic E-state index is 12.1. The molecule has 1 heterocycles. The van der Waals surface area contributed by atoms with E-state index in [4.69, 9.17) is 28.5 Å². The number of carboxylic acids is 1. The molecule has 20 heavy (non-hydrogen) atoms. The van der Waals surface area contributed by atoms with Gasteiger partial charge in [0.1, 0.15) is 5.56 Å². The zero-order chi connectivity index (χ0) is 14.9. The first-order valence-corrected chi connectivity index (χ1v) is 7.27. The molecule has 0 aliphatic carbocycles. The van der Waals surface area contributed by atoms with Crippen LogP contribution in [0.25, 0.3) is 0 Å². The second-order valence-electron chi connectivity index (χ2n) is 3.64. The summed E-state index contributed by atoms with van der Waals surface area (Å²) in [5.74, 6) is -1.73. The number of carboxylic acid groups (broad SMARTS) is 1. The highest BCUT2D eigenvalue weighted by Gasteiger charge is 2.21. The van der Waals surface area contributed by atoms with Crippen molar-refractivity contribution in [3.05, 3.63) is 41.0 Å². The van der Waals surface area contributed by atoms with Gasteiger partial charge in [-0.25, -0.2) is 13.2 Å². The van der Waals surface area contributed by atoms with Crippen molar-refractivity contribution >= 4 is 45.2 Å². The van der Waals surface area contributed by atoms with Crippen molar-refractivity contribution in [2.45, 2.75) is 4.90 Å². The summed E-state index contributed by atoms with van der Waals surface area (Å²) in [7, 11) is -3.98. The fraction of sp³-hybridized carbons (Fsp3) is 0. The van der Waals surface area contributed by atoms with E-state index in [2.05, 4.69) is 9.82 Å². The molecule has 0 atom stereocenters. The van der Waals surface area contributed by atoms with Crippen molar-refractivity contribution in [3.63, 3.8) is 0 Å². The van der Waals surface area contributed by atoms with E-state index in [0.29, 0.717) is 9.22 Å². The average molecular weight is 336 g/mol. The van der Waals surface area contributed by atoms with E-state index in [1.54, 1.807) is 0 Å². The molecule has 0 spiro atoms. The number of anilines is 1. The highest BCUT2D eigenvalue weighted by atomic mass is 35.5. The number of aromatic carboxylic acids is 1. The van der Waals surface area contributed by atoms with Gasteiger partial charge in [0.25, 0.3) is 10.0 Å². The summed E-state index contributed by atoms with van der Waals surface area (Å²) in [5, 5.41) is 12.8. The molecule has 7 nitrogen and oxygen atoms in total. The number of sulfonamides is 1. The lowest BCUT2D eigenvalue weighted by Gasteiger charge is -2.06. The maximum Gasteiger partial charge on any atom is 0.341 e. The van der Waals surface area contributed by atoms with Gasteiger partial charge in [0, 0.05) is 16.8 Å². The molecule has 10 heteroatoms. The Labute approximate surface area is 123 Å². The van der Waals surface area contributed by atoms with Crippen molar-refractivity contribution in [2.24, 2.45) is 0 Å². The molecule has 1 aromatic carbocycles. The average Bonchev–Trinajstić information content (AvgIpc) is 2.70. The minimum Gasteiger partial charge on any atom is -0.477 e. The van der Waals surface area contributed by atoms with Gasteiger partial charge >= 0.3 is 5.97 Å². The molecule has 2 aromatic rings. The van der Waals surface area contributed by atoms with E-state index in [1.165, 1.54) is 24.3 Å². The number of rotatable bonds is 4. The van der Waals surface area contributed by atoms with Crippen LogP contribution in [0.1, 0.15) is 10.4 Å². The first-order chi connectivity index (χ1) is 9.29. The van der Waals surface area contributed by atoms with E-state index < -0.39 is 16.0 Å². The Balaban J connectivity index is 2.38. The summed E-state index contributed by atoms with van der Waals surface area (Å²) in [6.07, 6.45) is 0.976. The molecule has 0 aliphatic rings.